The largest absolute Gasteiger partial charge is 0.444 e. The van der Waals surface area contributed by atoms with Gasteiger partial charge >= 0.3 is 6.09 Å². The lowest BCUT2D eigenvalue weighted by molar-refractivity contribution is -0.384. The molecule has 4 N–H and O–H groups in total. The van der Waals surface area contributed by atoms with Crippen LogP contribution in [0.3, 0.4) is 0 Å². The first-order chi connectivity index (χ1) is 11.5. The molecule has 0 aliphatic rings. The first-order valence-corrected chi connectivity index (χ1v) is 7.68. The lowest BCUT2D eigenvalue weighted by atomic mass is 10.00. The van der Waals surface area contributed by atoms with Gasteiger partial charge in [0.15, 0.2) is 0 Å². The molecule has 0 radical (unpaired) electrons. The maximum atomic E-state index is 11.7. The van der Waals surface area contributed by atoms with E-state index < -0.39 is 34.7 Å². The van der Waals surface area contributed by atoms with Crippen molar-refractivity contribution in [2.75, 3.05) is 0 Å². The molecule has 0 aliphatic heterocycles. The summed E-state index contributed by atoms with van der Waals surface area (Å²) < 4.78 is 4.94. The number of rotatable bonds is 6. The van der Waals surface area contributed by atoms with Crippen LogP contribution in [-0.2, 0) is 16.0 Å². The SMILES string of the molecule is CC(C)(C)OC(=O)NC(=O)C[C@@H](O)[C@@H](N)Cc1ccc([N+](=O)[O-])cc1. The van der Waals surface area contributed by atoms with Crippen LogP contribution in [0.25, 0.3) is 0 Å². The van der Waals surface area contributed by atoms with E-state index >= 15 is 0 Å². The Morgan fingerprint density at radius 3 is 2.36 bits per heavy atom. The molecule has 1 rings (SSSR count). The number of carbonyl (C=O) groups excluding carboxylic acids is 2. The first kappa shape index (κ1) is 20.5. The molecule has 9 heteroatoms. The highest BCUT2D eigenvalue weighted by Crippen LogP contribution is 2.14. The predicted molar refractivity (Wildman–Crippen MR) is 89.8 cm³/mol. The highest BCUT2D eigenvalue weighted by Gasteiger charge is 2.22. The molecule has 0 spiro atoms. The Morgan fingerprint density at radius 1 is 1.32 bits per heavy atom. The first-order valence-electron chi connectivity index (χ1n) is 7.68. The van der Waals surface area contributed by atoms with E-state index in [1.54, 1.807) is 20.8 Å². The summed E-state index contributed by atoms with van der Waals surface area (Å²) in [4.78, 5) is 33.3. The molecule has 2 amide bonds. The molecule has 0 saturated carbocycles. The van der Waals surface area contributed by atoms with Crippen LogP contribution in [0.5, 0.6) is 0 Å². The second-order valence-corrected chi connectivity index (χ2v) is 6.61. The van der Waals surface area contributed by atoms with E-state index in [2.05, 4.69) is 0 Å². The summed E-state index contributed by atoms with van der Waals surface area (Å²) in [6, 6.07) is 4.97. The highest BCUT2D eigenvalue weighted by molar-refractivity contribution is 5.92. The molecule has 138 valence electrons. The molecular weight excluding hydrogens is 330 g/mol. The monoisotopic (exact) mass is 353 g/mol. The van der Waals surface area contributed by atoms with Gasteiger partial charge in [-0.15, -0.1) is 0 Å². The standard InChI is InChI=1S/C16H23N3O6/c1-16(2,3)25-15(22)18-14(21)9-13(20)12(17)8-10-4-6-11(7-5-10)19(23)24/h4-7,12-13,20H,8-9,17H2,1-3H3,(H,18,21,22)/t12-,13+/m0/s1. The van der Waals surface area contributed by atoms with Gasteiger partial charge in [0.05, 0.1) is 17.4 Å². The van der Waals surface area contributed by atoms with E-state index in [4.69, 9.17) is 10.5 Å². The number of nitro groups is 1. The summed E-state index contributed by atoms with van der Waals surface area (Å²) in [5, 5.41) is 22.6. The predicted octanol–water partition coefficient (Wildman–Crippen LogP) is 1.27. The van der Waals surface area contributed by atoms with E-state index in [9.17, 15) is 24.8 Å². The summed E-state index contributed by atoms with van der Waals surface area (Å²) in [6.07, 6.45) is -2.22. The second kappa shape index (κ2) is 8.54. The third kappa shape index (κ3) is 7.73. The van der Waals surface area contributed by atoms with Crippen LogP contribution in [0.2, 0.25) is 0 Å². The van der Waals surface area contributed by atoms with Gasteiger partial charge in [-0.1, -0.05) is 12.1 Å². The molecule has 0 bridgehead atoms. The van der Waals surface area contributed by atoms with Crippen molar-refractivity contribution in [2.24, 2.45) is 5.73 Å². The third-order valence-corrected chi connectivity index (χ3v) is 3.15. The number of ether oxygens (including phenoxy) is 1. The van der Waals surface area contributed by atoms with Gasteiger partial charge < -0.3 is 15.6 Å². The number of hydrogen-bond acceptors (Lipinski definition) is 7. The number of nitrogens with two attached hydrogens (primary N) is 1. The smallest absolute Gasteiger partial charge is 0.414 e. The minimum Gasteiger partial charge on any atom is -0.444 e. The van der Waals surface area contributed by atoms with Gasteiger partial charge in [0.1, 0.15) is 5.60 Å². The van der Waals surface area contributed by atoms with Gasteiger partial charge in [-0.3, -0.25) is 20.2 Å². The van der Waals surface area contributed by atoms with Crippen LogP contribution < -0.4 is 11.1 Å². The maximum Gasteiger partial charge on any atom is 0.414 e. The number of nitrogens with one attached hydrogen (secondary N) is 1. The van der Waals surface area contributed by atoms with Crippen LogP contribution >= 0.6 is 0 Å². The van der Waals surface area contributed by atoms with Crippen LogP contribution in [0.15, 0.2) is 24.3 Å². The molecule has 0 aromatic heterocycles. The Bertz CT molecular complexity index is 624. The fourth-order valence-electron chi connectivity index (χ4n) is 1.97. The zero-order chi connectivity index (χ0) is 19.2. The molecule has 9 nitrogen and oxygen atoms in total. The van der Waals surface area contributed by atoms with Crippen molar-refractivity contribution in [3.63, 3.8) is 0 Å². The van der Waals surface area contributed by atoms with Crippen molar-refractivity contribution in [3.8, 4) is 0 Å². The van der Waals surface area contributed by atoms with Crippen LogP contribution in [0.1, 0.15) is 32.8 Å². The Labute approximate surface area is 145 Å². The molecule has 0 saturated heterocycles. The lowest BCUT2D eigenvalue weighted by Crippen LogP contribution is -2.42. The van der Waals surface area contributed by atoms with Crippen molar-refractivity contribution in [1.29, 1.82) is 0 Å². The number of nitrogens with zero attached hydrogens (tertiary/aromatic N) is 1. The van der Waals surface area contributed by atoms with Crippen molar-refractivity contribution in [3.05, 3.63) is 39.9 Å². The summed E-state index contributed by atoms with van der Waals surface area (Å²) in [5.41, 5.74) is 5.75. The summed E-state index contributed by atoms with van der Waals surface area (Å²) in [6.45, 7) is 4.98. The number of aliphatic hydroxyl groups excluding tert-OH is 1. The number of aliphatic hydroxyl groups is 1. The molecule has 25 heavy (non-hydrogen) atoms. The molecule has 0 unspecified atom stereocenters. The van der Waals surface area contributed by atoms with Gasteiger partial charge in [0.2, 0.25) is 5.91 Å². The molecule has 1 aromatic carbocycles. The van der Waals surface area contributed by atoms with Crippen molar-refractivity contribution >= 4 is 17.7 Å². The minimum atomic E-state index is -1.18. The van der Waals surface area contributed by atoms with Gasteiger partial charge in [-0.2, -0.15) is 0 Å². The van der Waals surface area contributed by atoms with Crippen molar-refractivity contribution in [2.45, 2.75) is 51.4 Å². The Kier molecular flexibility index (Phi) is 7.01. The average Bonchev–Trinajstić information content (AvgIpc) is 2.45. The zero-order valence-electron chi connectivity index (χ0n) is 14.4. The number of hydrogen-bond donors (Lipinski definition) is 3. The number of benzene rings is 1. The molecule has 0 aliphatic carbocycles. The summed E-state index contributed by atoms with van der Waals surface area (Å²) >= 11 is 0. The third-order valence-electron chi connectivity index (χ3n) is 3.15. The Balaban J connectivity index is 2.50. The average molecular weight is 353 g/mol. The molecule has 0 heterocycles. The fraction of sp³-hybridized carbons (Fsp3) is 0.500. The number of carbonyl (C=O) groups is 2. The Morgan fingerprint density at radius 2 is 1.88 bits per heavy atom. The van der Waals surface area contributed by atoms with Crippen molar-refractivity contribution < 1.29 is 24.4 Å². The number of alkyl carbamates (subject to hydrolysis) is 1. The summed E-state index contributed by atoms with van der Waals surface area (Å²) in [5.74, 6) is -0.708. The van der Waals surface area contributed by atoms with E-state index in [-0.39, 0.29) is 18.5 Å². The van der Waals surface area contributed by atoms with Crippen LogP contribution in [0.4, 0.5) is 10.5 Å². The highest BCUT2D eigenvalue weighted by atomic mass is 16.6. The quantitative estimate of drug-likeness (QED) is 0.515. The van der Waals surface area contributed by atoms with Crippen LogP contribution in [0, 0.1) is 10.1 Å². The van der Waals surface area contributed by atoms with E-state index in [1.807, 2.05) is 5.32 Å². The van der Waals surface area contributed by atoms with Gasteiger partial charge in [-0.25, -0.2) is 4.79 Å². The van der Waals surface area contributed by atoms with E-state index in [0.29, 0.717) is 5.56 Å². The minimum absolute atomic E-state index is 0.0467. The zero-order valence-corrected chi connectivity index (χ0v) is 14.4. The van der Waals surface area contributed by atoms with E-state index in [0.717, 1.165) is 0 Å². The normalized spacial score (nSPS) is 13.6. The second-order valence-electron chi connectivity index (χ2n) is 6.61. The lowest BCUT2D eigenvalue weighted by Gasteiger charge is -2.21. The summed E-state index contributed by atoms with van der Waals surface area (Å²) in [7, 11) is 0. The number of nitro benzene ring substituents is 1. The van der Waals surface area contributed by atoms with E-state index in [1.165, 1.54) is 24.3 Å². The van der Waals surface area contributed by atoms with Crippen molar-refractivity contribution in [1.82, 2.24) is 5.32 Å². The van der Waals surface area contributed by atoms with Crippen LogP contribution in [-0.4, -0.2) is 39.8 Å². The topological polar surface area (TPSA) is 145 Å². The Hall–Kier alpha value is -2.52. The molecule has 0 fully saturated rings. The fourth-order valence-corrected chi connectivity index (χ4v) is 1.97. The molecular formula is C16H23N3O6. The van der Waals surface area contributed by atoms with Gasteiger partial charge in [0.25, 0.3) is 5.69 Å². The van der Waals surface area contributed by atoms with Gasteiger partial charge in [0, 0.05) is 18.2 Å². The molecule has 1 aromatic rings. The van der Waals surface area contributed by atoms with Gasteiger partial charge in [-0.05, 0) is 32.8 Å². The number of non-ortho nitro benzene ring substituents is 1. The maximum absolute atomic E-state index is 11.7. The molecule has 2 atom stereocenters. The number of imide groups is 1. The number of amides is 2.